The summed E-state index contributed by atoms with van der Waals surface area (Å²) < 4.78 is 5.75. The number of halogens is 1. The first-order valence-corrected chi connectivity index (χ1v) is 8.34. The molecule has 0 aliphatic heterocycles. The Morgan fingerprint density at radius 3 is 2.62 bits per heavy atom. The number of carbonyl (C=O) groups is 2. The number of rotatable bonds is 6. The van der Waals surface area contributed by atoms with Crippen LogP contribution in [0.15, 0.2) is 46.9 Å². The predicted octanol–water partition coefficient (Wildman–Crippen LogP) is 3.39. The van der Waals surface area contributed by atoms with Crippen molar-refractivity contribution in [1.82, 2.24) is 5.32 Å². The van der Waals surface area contributed by atoms with E-state index in [0.29, 0.717) is 15.8 Å². The normalized spacial score (nSPS) is 10.1. The molecule has 5 nitrogen and oxygen atoms in total. The third-order valence-electron chi connectivity index (χ3n) is 3.50. The fourth-order valence-corrected chi connectivity index (χ4v) is 2.63. The van der Waals surface area contributed by atoms with Gasteiger partial charge in [0.05, 0.1) is 19.2 Å². The van der Waals surface area contributed by atoms with Gasteiger partial charge < -0.3 is 15.4 Å². The van der Waals surface area contributed by atoms with Crippen molar-refractivity contribution in [2.24, 2.45) is 0 Å². The quantitative estimate of drug-likeness (QED) is 0.794. The van der Waals surface area contributed by atoms with Crippen molar-refractivity contribution in [2.75, 3.05) is 19.0 Å². The lowest BCUT2D eigenvalue weighted by Gasteiger charge is -2.11. The molecule has 2 rings (SSSR count). The zero-order chi connectivity index (χ0) is 17.5. The molecular weight excluding hydrogens is 372 g/mol. The molecule has 126 valence electrons. The summed E-state index contributed by atoms with van der Waals surface area (Å²) in [7, 11) is 1.53. The van der Waals surface area contributed by atoms with Crippen LogP contribution in [-0.4, -0.2) is 25.5 Å². The molecule has 2 aromatic carbocycles. The van der Waals surface area contributed by atoms with Gasteiger partial charge in [0.25, 0.3) is 5.91 Å². The summed E-state index contributed by atoms with van der Waals surface area (Å²) in [5.74, 6) is -0.0485. The summed E-state index contributed by atoms with van der Waals surface area (Å²) in [6.45, 7) is 1.91. The van der Waals surface area contributed by atoms with Gasteiger partial charge in [-0.15, -0.1) is 0 Å². The Bertz CT molecular complexity index is 747. The molecule has 0 spiro atoms. The van der Waals surface area contributed by atoms with E-state index in [1.807, 2.05) is 31.2 Å². The Hall–Kier alpha value is -2.34. The largest absolute Gasteiger partial charge is 0.497 e. The molecule has 0 radical (unpaired) electrons. The van der Waals surface area contributed by atoms with Crippen LogP contribution in [0.5, 0.6) is 5.75 Å². The van der Waals surface area contributed by atoms with Crippen LogP contribution in [-0.2, 0) is 11.2 Å². The van der Waals surface area contributed by atoms with E-state index in [9.17, 15) is 9.59 Å². The van der Waals surface area contributed by atoms with Gasteiger partial charge in [0.2, 0.25) is 5.91 Å². The fourth-order valence-electron chi connectivity index (χ4n) is 2.21. The number of anilines is 1. The van der Waals surface area contributed by atoms with E-state index < -0.39 is 0 Å². The third kappa shape index (κ3) is 4.58. The van der Waals surface area contributed by atoms with E-state index in [4.69, 9.17) is 4.74 Å². The Morgan fingerprint density at radius 2 is 1.92 bits per heavy atom. The summed E-state index contributed by atoms with van der Waals surface area (Å²) in [5.41, 5.74) is 2.23. The van der Waals surface area contributed by atoms with E-state index in [2.05, 4.69) is 26.6 Å². The number of para-hydroxylation sites is 1. The Labute approximate surface area is 149 Å². The number of nitrogens with one attached hydrogen (secondary N) is 2. The molecule has 2 aromatic rings. The highest BCUT2D eigenvalue weighted by atomic mass is 79.9. The van der Waals surface area contributed by atoms with Gasteiger partial charge in [-0.25, -0.2) is 0 Å². The second-order valence-electron chi connectivity index (χ2n) is 5.09. The molecule has 0 aromatic heterocycles. The zero-order valence-electron chi connectivity index (χ0n) is 13.6. The van der Waals surface area contributed by atoms with Crippen molar-refractivity contribution in [3.8, 4) is 5.75 Å². The molecule has 24 heavy (non-hydrogen) atoms. The van der Waals surface area contributed by atoms with Crippen LogP contribution < -0.4 is 15.4 Å². The van der Waals surface area contributed by atoms with Crippen LogP contribution in [0.2, 0.25) is 0 Å². The van der Waals surface area contributed by atoms with Crippen molar-refractivity contribution in [2.45, 2.75) is 13.3 Å². The van der Waals surface area contributed by atoms with E-state index >= 15 is 0 Å². The lowest BCUT2D eigenvalue weighted by molar-refractivity contribution is -0.115. The topological polar surface area (TPSA) is 67.4 Å². The SMILES string of the molecule is CCc1ccccc1NC(=O)CNC(=O)c1cc(OC)ccc1Br. The van der Waals surface area contributed by atoms with E-state index in [1.165, 1.54) is 7.11 Å². The first-order chi connectivity index (χ1) is 11.5. The van der Waals surface area contributed by atoms with Crippen molar-refractivity contribution in [1.29, 1.82) is 0 Å². The van der Waals surface area contributed by atoms with Crippen molar-refractivity contribution >= 4 is 33.4 Å². The monoisotopic (exact) mass is 390 g/mol. The maximum atomic E-state index is 12.2. The van der Waals surface area contributed by atoms with Crippen molar-refractivity contribution in [3.63, 3.8) is 0 Å². The van der Waals surface area contributed by atoms with Crippen LogP contribution in [0.4, 0.5) is 5.69 Å². The number of carbonyl (C=O) groups excluding carboxylic acids is 2. The smallest absolute Gasteiger partial charge is 0.252 e. The number of aryl methyl sites for hydroxylation is 1. The lowest BCUT2D eigenvalue weighted by Crippen LogP contribution is -2.33. The number of hydrogen-bond acceptors (Lipinski definition) is 3. The Balaban J connectivity index is 1.97. The average molecular weight is 391 g/mol. The van der Waals surface area contributed by atoms with Crippen molar-refractivity contribution in [3.05, 3.63) is 58.1 Å². The molecule has 0 saturated heterocycles. The number of hydrogen-bond donors (Lipinski definition) is 2. The minimum atomic E-state index is -0.347. The fraction of sp³-hybridized carbons (Fsp3) is 0.222. The highest BCUT2D eigenvalue weighted by molar-refractivity contribution is 9.10. The highest BCUT2D eigenvalue weighted by Crippen LogP contribution is 2.22. The average Bonchev–Trinajstić information content (AvgIpc) is 2.60. The van der Waals surface area contributed by atoms with Gasteiger partial charge in [0.15, 0.2) is 0 Å². The van der Waals surface area contributed by atoms with Crippen molar-refractivity contribution < 1.29 is 14.3 Å². The maximum absolute atomic E-state index is 12.2. The summed E-state index contributed by atoms with van der Waals surface area (Å²) in [6, 6.07) is 12.7. The Morgan fingerprint density at radius 1 is 1.17 bits per heavy atom. The number of ether oxygens (including phenoxy) is 1. The van der Waals surface area contributed by atoms with E-state index in [0.717, 1.165) is 17.7 Å². The first kappa shape index (κ1) is 18.0. The van der Waals surface area contributed by atoms with Gasteiger partial charge in [-0.05, 0) is 52.2 Å². The molecule has 0 saturated carbocycles. The molecule has 0 unspecified atom stereocenters. The molecule has 0 atom stereocenters. The van der Waals surface area contributed by atoms with Gasteiger partial charge >= 0.3 is 0 Å². The number of benzene rings is 2. The second kappa shape index (κ2) is 8.49. The minimum Gasteiger partial charge on any atom is -0.497 e. The Kier molecular flexibility index (Phi) is 6.37. The van der Waals surface area contributed by atoms with E-state index in [-0.39, 0.29) is 18.4 Å². The summed E-state index contributed by atoms with van der Waals surface area (Å²) in [6.07, 6.45) is 0.819. The predicted molar refractivity (Wildman–Crippen MR) is 97.5 cm³/mol. The van der Waals surface area contributed by atoms with Crippen LogP contribution in [0, 0.1) is 0 Å². The summed E-state index contributed by atoms with van der Waals surface area (Å²) in [5, 5.41) is 5.43. The van der Waals surface area contributed by atoms with Gasteiger partial charge in [0.1, 0.15) is 5.75 Å². The molecule has 0 aliphatic rings. The standard InChI is InChI=1S/C18H19BrN2O3/c1-3-12-6-4-5-7-16(12)21-17(22)11-20-18(23)14-10-13(24-2)8-9-15(14)19/h4-10H,3,11H2,1-2H3,(H,20,23)(H,21,22). The maximum Gasteiger partial charge on any atom is 0.252 e. The van der Waals surface area contributed by atoms with Gasteiger partial charge in [-0.1, -0.05) is 25.1 Å². The van der Waals surface area contributed by atoms with Crippen LogP contribution in [0.1, 0.15) is 22.8 Å². The molecule has 2 amide bonds. The molecule has 2 N–H and O–H groups in total. The number of amides is 2. The highest BCUT2D eigenvalue weighted by Gasteiger charge is 2.13. The summed E-state index contributed by atoms with van der Waals surface area (Å²) >= 11 is 3.32. The second-order valence-corrected chi connectivity index (χ2v) is 5.94. The minimum absolute atomic E-state index is 0.111. The first-order valence-electron chi connectivity index (χ1n) is 7.54. The van der Waals surface area contributed by atoms with Crippen LogP contribution in [0.3, 0.4) is 0 Å². The van der Waals surface area contributed by atoms with Gasteiger partial charge in [-0.2, -0.15) is 0 Å². The third-order valence-corrected chi connectivity index (χ3v) is 4.19. The molecule has 6 heteroatoms. The molecular formula is C18H19BrN2O3. The molecule has 0 bridgehead atoms. The zero-order valence-corrected chi connectivity index (χ0v) is 15.1. The number of methoxy groups -OCH3 is 1. The lowest BCUT2D eigenvalue weighted by atomic mass is 10.1. The molecule has 0 heterocycles. The van der Waals surface area contributed by atoms with Gasteiger partial charge in [-0.3, -0.25) is 9.59 Å². The molecule has 0 aliphatic carbocycles. The van der Waals surface area contributed by atoms with Crippen LogP contribution in [0.25, 0.3) is 0 Å². The summed E-state index contributed by atoms with van der Waals surface area (Å²) in [4.78, 5) is 24.3. The van der Waals surface area contributed by atoms with E-state index in [1.54, 1.807) is 18.2 Å². The van der Waals surface area contributed by atoms with Gasteiger partial charge in [0, 0.05) is 10.2 Å². The van der Waals surface area contributed by atoms with Crippen LogP contribution >= 0.6 is 15.9 Å². The molecule has 0 fully saturated rings.